The van der Waals surface area contributed by atoms with Crippen molar-refractivity contribution in [1.29, 1.82) is 0 Å². The highest BCUT2D eigenvalue weighted by Crippen LogP contribution is 2.12. The number of nitrogens with zero attached hydrogens (tertiary/aromatic N) is 1. The van der Waals surface area contributed by atoms with Gasteiger partial charge in [-0.05, 0) is 12.8 Å². The second kappa shape index (κ2) is 5.95. The van der Waals surface area contributed by atoms with Crippen molar-refractivity contribution < 1.29 is 9.53 Å². The van der Waals surface area contributed by atoms with E-state index in [1.807, 2.05) is 0 Å². The molecule has 1 fully saturated rings. The van der Waals surface area contributed by atoms with Crippen molar-refractivity contribution in [2.24, 2.45) is 5.84 Å². The molecule has 0 atom stereocenters. The Bertz CT molecular complexity index is 179. The van der Waals surface area contributed by atoms with Crippen LogP contribution in [-0.2, 0) is 9.53 Å². The Morgan fingerprint density at radius 2 is 2.21 bits per heavy atom. The van der Waals surface area contributed by atoms with Gasteiger partial charge < -0.3 is 9.64 Å². The lowest BCUT2D eigenvalue weighted by Gasteiger charge is -2.30. The maximum Gasteiger partial charge on any atom is 0.235 e. The van der Waals surface area contributed by atoms with Gasteiger partial charge in [0.2, 0.25) is 5.91 Å². The number of piperidine rings is 1. The van der Waals surface area contributed by atoms with Gasteiger partial charge in [-0.25, -0.2) is 5.84 Å². The first-order valence-corrected chi connectivity index (χ1v) is 5.01. The molecule has 3 N–H and O–H groups in total. The maximum atomic E-state index is 10.9. The van der Waals surface area contributed by atoms with E-state index in [1.165, 1.54) is 0 Å². The summed E-state index contributed by atoms with van der Waals surface area (Å²) in [4.78, 5) is 13.2. The average Bonchev–Trinajstić information content (AvgIpc) is 2.26. The van der Waals surface area contributed by atoms with Crippen molar-refractivity contribution >= 4 is 5.91 Å². The Labute approximate surface area is 84.5 Å². The van der Waals surface area contributed by atoms with Gasteiger partial charge in [-0.1, -0.05) is 0 Å². The monoisotopic (exact) mass is 201 g/mol. The Morgan fingerprint density at radius 1 is 1.57 bits per heavy atom. The molecule has 1 heterocycles. The second-order valence-electron chi connectivity index (χ2n) is 3.59. The summed E-state index contributed by atoms with van der Waals surface area (Å²) in [6, 6.07) is 0. The van der Waals surface area contributed by atoms with Gasteiger partial charge in [0.1, 0.15) is 0 Å². The van der Waals surface area contributed by atoms with Crippen LogP contribution in [0.2, 0.25) is 0 Å². The normalized spacial score (nSPS) is 19.6. The Kier molecular flexibility index (Phi) is 4.86. The van der Waals surface area contributed by atoms with E-state index in [4.69, 9.17) is 10.6 Å². The molecule has 0 spiro atoms. The molecule has 0 bridgehead atoms. The predicted octanol–water partition coefficient (Wildman–Crippen LogP) is -0.523. The van der Waals surface area contributed by atoms with Crippen LogP contribution in [-0.4, -0.2) is 43.7 Å². The third-order valence-corrected chi connectivity index (χ3v) is 2.68. The highest BCUT2D eigenvalue weighted by molar-refractivity contribution is 5.75. The van der Waals surface area contributed by atoms with Gasteiger partial charge in [0.05, 0.1) is 6.10 Å². The lowest BCUT2D eigenvalue weighted by molar-refractivity contribution is -0.121. The highest BCUT2D eigenvalue weighted by atomic mass is 16.5. The summed E-state index contributed by atoms with van der Waals surface area (Å²) in [5.41, 5.74) is 2.13. The first-order valence-electron chi connectivity index (χ1n) is 5.01. The van der Waals surface area contributed by atoms with Gasteiger partial charge in [0.15, 0.2) is 0 Å². The standard InChI is InChI=1S/C9H19N3O2/c1-14-8-2-5-12(6-3-8)7-4-9(13)11-10/h8H,2-7,10H2,1H3,(H,11,13). The molecule has 1 rings (SSSR count). The number of amides is 1. The van der Waals surface area contributed by atoms with Crippen LogP contribution in [0.5, 0.6) is 0 Å². The van der Waals surface area contributed by atoms with Crippen LogP contribution >= 0.6 is 0 Å². The van der Waals surface area contributed by atoms with Gasteiger partial charge in [-0.15, -0.1) is 0 Å². The number of hydrogen-bond acceptors (Lipinski definition) is 4. The fraction of sp³-hybridized carbons (Fsp3) is 0.889. The minimum atomic E-state index is -0.0983. The van der Waals surface area contributed by atoms with E-state index in [2.05, 4.69) is 10.3 Å². The van der Waals surface area contributed by atoms with Crippen LogP contribution < -0.4 is 11.3 Å². The number of methoxy groups -OCH3 is 1. The Hall–Kier alpha value is -0.650. The summed E-state index contributed by atoms with van der Waals surface area (Å²) in [5, 5.41) is 0. The summed E-state index contributed by atoms with van der Waals surface area (Å²) in [7, 11) is 1.75. The van der Waals surface area contributed by atoms with Crippen LogP contribution in [0.1, 0.15) is 19.3 Å². The van der Waals surface area contributed by atoms with Crippen molar-refractivity contribution in [3.05, 3.63) is 0 Å². The van der Waals surface area contributed by atoms with E-state index in [0.717, 1.165) is 32.5 Å². The summed E-state index contributed by atoms with van der Waals surface area (Å²) >= 11 is 0. The first kappa shape index (κ1) is 11.4. The predicted molar refractivity (Wildman–Crippen MR) is 53.4 cm³/mol. The van der Waals surface area contributed by atoms with Crippen molar-refractivity contribution in [3.8, 4) is 0 Å². The van der Waals surface area contributed by atoms with Gasteiger partial charge in [0.25, 0.3) is 0 Å². The zero-order valence-electron chi connectivity index (χ0n) is 8.66. The van der Waals surface area contributed by atoms with E-state index < -0.39 is 0 Å². The maximum absolute atomic E-state index is 10.9. The number of nitrogens with one attached hydrogen (secondary N) is 1. The van der Waals surface area contributed by atoms with E-state index in [-0.39, 0.29) is 5.91 Å². The molecule has 0 aromatic heterocycles. The van der Waals surface area contributed by atoms with Crippen LogP contribution in [0.3, 0.4) is 0 Å². The summed E-state index contributed by atoms with van der Waals surface area (Å²) in [6.07, 6.45) is 2.99. The van der Waals surface area contributed by atoms with Gasteiger partial charge in [-0.3, -0.25) is 10.2 Å². The van der Waals surface area contributed by atoms with Crippen molar-refractivity contribution in [2.75, 3.05) is 26.7 Å². The number of hydrazine groups is 1. The molecule has 1 aliphatic heterocycles. The number of rotatable bonds is 4. The van der Waals surface area contributed by atoms with Gasteiger partial charge in [0, 0.05) is 33.2 Å². The van der Waals surface area contributed by atoms with Crippen LogP contribution in [0, 0.1) is 0 Å². The zero-order chi connectivity index (χ0) is 10.4. The number of nitrogens with two attached hydrogens (primary N) is 1. The second-order valence-corrected chi connectivity index (χ2v) is 3.59. The lowest BCUT2D eigenvalue weighted by Crippen LogP contribution is -2.39. The molecule has 0 radical (unpaired) electrons. The minimum Gasteiger partial charge on any atom is -0.381 e. The van der Waals surface area contributed by atoms with Crippen LogP contribution in [0.25, 0.3) is 0 Å². The molecule has 0 unspecified atom stereocenters. The first-order chi connectivity index (χ1) is 6.76. The molecule has 0 saturated carbocycles. The highest BCUT2D eigenvalue weighted by Gasteiger charge is 2.18. The van der Waals surface area contributed by atoms with E-state index in [0.29, 0.717) is 12.5 Å². The number of carbonyl (C=O) groups excluding carboxylic acids is 1. The third kappa shape index (κ3) is 3.61. The van der Waals surface area contributed by atoms with E-state index >= 15 is 0 Å². The van der Waals surface area contributed by atoms with E-state index in [1.54, 1.807) is 7.11 Å². The quantitative estimate of drug-likeness (QED) is 0.365. The molecule has 5 heteroatoms. The molecular weight excluding hydrogens is 182 g/mol. The SMILES string of the molecule is COC1CCN(CCC(=O)NN)CC1. The molecular formula is C9H19N3O2. The molecule has 0 aliphatic carbocycles. The molecule has 5 nitrogen and oxygen atoms in total. The minimum absolute atomic E-state index is 0.0983. The molecule has 0 aromatic carbocycles. The van der Waals surface area contributed by atoms with Crippen molar-refractivity contribution in [3.63, 3.8) is 0 Å². The molecule has 0 aromatic rings. The molecule has 14 heavy (non-hydrogen) atoms. The molecule has 1 amide bonds. The number of ether oxygens (including phenoxy) is 1. The zero-order valence-corrected chi connectivity index (χ0v) is 8.66. The van der Waals surface area contributed by atoms with Crippen LogP contribution in [0.15, 0.2) is 0 Å². The fourth-order valence-corrected chi connectivity index (χ4v) is 1.70. The lowest BCUT2D eigenvalue weighted by atomic mass is 10.1. The van der Waals surface area contributed by atoms with Crippen LogP contribution in [0.4, 0.5) is 0 Å². The third-order valence-electron chi connectivity index (χ3n) is 2.68. The number of carbonyl (C=O) groups is 1. The smallest absolute Gasteiger partial charge is 0.235 e. The summed E-state index contributed by atoms with van der Waals surface area (Å²) in [6.45, 7) is 2.81. The average molecular weight is 201 g/mol. The topological polar surface area (TPSA) is 67.6 Å². The largest absolute Gasteiger partial charge is 0.381 e. The Balaban J connectivity index is 2.13. The summed E-state index contributed by atoms with van der Waals surface area (Å²) < 4.78 is 5.26. The molecule has 1 aliphatic rings. The Morgan fingerprint density at radius 3 is 2.71 bits per heavy atom. The number of likely N-dealkylation sites (tertiary alicyclic amines) is 1. The number of hydrogen-bond donors (Lipinski definition) is 2. The molecule has 1 saturated heterocycles. The van der Waals surface area contributed by atoms with E-state index in [9.17, 15) is 4.79 Å². The molecule has 82 valence electrons. The fourth-order valence-electron chi connectivity index (χ4n) is 1.70. The van der Waals surface area contributed by atoms with Crippen molar-refractivity contribution in [2.45, 2.75) is 25.4 Å². The van der Waals surface area contributed by atoms with Crippen molar-refractivity contribution in [1.82, 2.24) is 10.3 Å². The van der Waals surface area contributed by atoms with Gasteiger partial charge >= 0.3 is 0 Å². The van der Waals surface area contributed by atoms with Gasteiger partial charge in [-0.2, -0.15) is 0 Å². The summed E-state index contributed by atoms with van der Waals surface area (Å²) in [5.74, 6) is 4.89.